The summed E-state index contributed by atoms with van der Waals surface area (Å²) in [7, 11) is -3.14. The number of rotatable bonds is 2. The molecule has 0 amide bonds. The second-order valence-electron chi connectivity index (χ2n) is 4.34. The minimum Gasteiger partial charge on any atom is -0.307 e. The average molecular weight is 260 g/mol. The summed E-state index contributed by atoms with van der Waals surface area (Å²) >= 11 is 5.90. The number of sulfone groups is 1. The second kappa shape index (κ2) is 4.02. The van der Waals surface area contributed by atoms with Gasteiger partial charge in [0.2, 0.25) is 0 Å². The van der Waals surface area contributed by atoms with Gasteiger partial charge in [-0.3, -0.25) is 0 Å². The molecule has 0 fully saturated rings. The van der Waals surface area contributed by atoms with Crippen molar-refractivity contribution in [1.82, 2.24) is 5.32 Å². The summed E-state index contributed by atoms with van der Waals surface area (Å²) in [6, 6.07) is 5.05. The van der Waals surface area contributed by atoms with Crippen molar-refractivity contribution in [2.24, 2.45) is 0 Å². The van der Waals surface area contributed by atoms with E-state index < -0.39 is 9.84 Å². The molecule has 3 nitrogen and oxygen atoms in total. The van der Waals surface area contributed by atoms with Crippen LogP contribution in [0.3, 0.4) is 0 Å². The molecule has 1 aromatic rings. The molecule has 16 heavy (non-hydrogen) atoms. The van der Waals surface area contributed by atoms with Crippen molar-refractivity contribution in [2.75, 3.05) is 5.75 Å². The van der Waals surface area contributed by atoms with Crippen LogP contribution in [0.25, 0.3) is 0 Å². The van der Waals surface area contributed by atoms with Crippen LogP contribution >= 0.6 is 11.6 Å². The Balaban J connectivity index is 2.48. The van der Waals surface area contributed by atoms with Gasteiger partial charge in [-0.05, 0) is 23.8 Å². The van der Waals surface area contributed by atoms with Gasteiger partial charge in [-0.25, -0.2) is 8.42 Å². The summed E-state index contributed by atoms with van der Waals surface area (Å²) in [5.74, 6) is 0.126. The number of fused-ring (bicyclic) bond motifs is 1. The lowest BCUT2D eigenvalue weighted by Crippen LogP contribution is -2.29. The monoisotopic (exact) mass is 259 g/mol. The molecule has 1 unspecified atom stereocenters. The second-order valence-corrected chi connectivity index (χ2v) is 6.78. The Labute approximate surface area is 101 Å². The smallest absolute Gasteiger partial charge is 0.180 e. The molecule has 0 saturated heterocycles. The van der Waals surface area contributed by atoms with Gasteiger partial charge in [0.15, 0.2) is 9.84 Å². The molecule has 0 aliphatic carbocycles. The molecule has 1 aliphatic rings. The fourth-order valence-corrected chi connectivity index (χ4v) is 3.92. The maximum Gasteiger partial charge on any atom is 0.180 e. The first-order valence-corrected chi connectivity index (χ1v) is 7.21. The normalized spacial score (nSPS) is 22.4. The fraction of sp³-hybridized carbons (Fsp3) is 0.455. The minimum absolute atomic E-state index is 0.126. The van der Waals surface area contributed by atoms with Crippen molar-refractivity contribution >= 4 is 21.4 Å². The summed E-state index contributed by atoms with van der Waals surface area (Å²) in [4.78, 5) is 0.412. The van der Waals surface area contributed by atoms with Crippen LogP contribution in [0.1, 0.15) is 25.5 Å². The average Bonchev–Trinajstić information content (AvgIpc) is 2.37. The highest BCUT2D eigenvalue weighted by Crippen LogP contribution is 2.35. The lowest BCUT2D eigenvalue weighted by atomic mass is 10.1. The van der Waals surface area contributed by atoms with Gasteiger partial charge in [-0.2, -0.15) is 0 Å². The van der Waals surface area contributed by atoms with E-state index in [1.807, 2.05) is 13.8 Å². The van der Waals surface area contributed by atoms with Crippen LogP contribution in [0.4, 0.5) is 0 Å². The molecule has 88 valence electrons. The van der Waals surface area contributed by atoms with E-state index >= 15 is 0 Å². The molecule has 0 radical (unpaired) electrons. The van der Waals surface area contributed by atoms with Crippen molar-refractivity contribution in [1.29, 1.82) is 0 Å². The summed E-state index contributed by atoms with van der Waals surface area (Å²) in [6.07, 6.45) is 0. The zero-order valence-electron chi connectivity index (χ0n) is 9.20. The molecule has 1 N–H and O–H groups in total. The summed E-state index contributed by atoms with van der Waals surface area (Å²) < 4.78 is 23.7. The van der Waals surface area contributed by atoms with E-state index in [0.29, 0.717) is 9.92 Å². The van der Waals surface area contributed by atoms with Gasteiger partial charge >= 0.3 is 0 Å². The molecule has 1 heterocycles. The molecule has 1 aliphatic heterocycles. The summed E-state index contributed by atoms with van der Waals surface area (Å²) in [5.41, 5.74) is 0.793. The van der Waals surface area contributed by atoms with Crippen molar-refractivity contribution in [3.63, 3.8) is 0 Å². The van der Waals surface area contributed by atoms with Gasteiger partial charge < -0.3 is 5.32 Å². The Kier molecular flexibility index (Phi) is 2.99. The Bertz CT molecular complexity index is 511. The Morgan fingerprint density at radius 3 is 2.75 bits per heavy atom. The largest absolute Gasteiger partial charge is 0.307 e. The highest BCUT2D eigenvalue weighted by atomic mass is 35.5. The van der Waals surface area contributed by atoms with Crippen LogP contribution < -0.4 is 5.32 Å². The summed E-state index contributed by atoms with van der Waals surface area (Å²) in [5, 5.41) is 3.82. The number of benzene rings is 1. The SMILES string of the molecule is CC(C)NC1CS(=O)(=O)c2ccc(Cl)cc21. The molecule has 1 aromatic carbocycles. The number of halogens is 1. The molecular formula is C11H14ClNO2S. The van der Waals surface area contributed by atoms with E-state index in [2.05, 4.69) is 5.32 Å². The van der Waals surface area contributed by atoms with Crippen LogP contribution in [0.15, 0.2) is 23.1 Å². The molecule has 0 aromatic heterocycles. The number of hydrogen-bond donors (Lipinski definition) is 1. The lowest BCUT2D eigenvalue weighted by molar-refractivity contribution is 0.508. The molecule has 5 heteroatoms. The third-order valence-corrected chi connectivity index (χ3v) is 4.65. The van der Waals surface area contributed by atoms with E-state index in [1.54, 1.807) is 18.2 Å². The Morgan fingerprint density at radius 1 is 1.44 bits per heavy atom. The van der Waals surface area contributed by atoms with Gasteiger partial charge in [-0.15, -0.1) is 0 Å². The van der Waals surface area contributed by atoms with E-state index in [1.165, 1.54) is 0 Å². The van der Waals surface area contributed by atoms with Crippen molar-refractivity contribution in [3.8, 4) is 0 Å². The van der Waals surface area contributed by atoms with Gasteiger partial charge in [0, 0.05) is 17.1 Å². The van der Waals surface area contributed by atoms with Gasteiger partial charge in [-0.1, -0.05) is 25.4 Å². The molecule has 1 atom stereocenters. The number of hydrogen-bond acceptors (Lipinski definition) is 3. The first-order valence-electron chi connectivity index (χ1n) is 5.18. The molecule has 2 rings (SSSR count). The molecule has 0 saturated carbocycles. The predicted molar refractivity (Wildman–Crippen MR) is 64.5 cm³/mol. The van der Waals surface area contributed by atoms with Gasteiger partial charge in [0.1, 0.15) is 0 Å². The van der Waals surface area contributed by atoms with Crippen LogP contribution in [0.5, 0.6) is 0 Å². The van der Waals surface area contributed by atoms with E-state index in [4.69, 9.17) is 11.6 Å². The van der Waals surface area contributed by atoms with Crippen LogP contribution in [0.2, 0.25) is 5.02 Å². The first kappa shape index (κ1) is 11.9. The highest BCUT2D eigenvalue weighted by Gasteiger charge is 2.34. The highest BCUT2D eigenvalue weighted by molar-refractivity contribution is 7.91. The third-order valence-electron chi connectivity index (χ3n) is 2.60. The third kappa shape index (κ3) is 2.10. The fourth-order valence-electron chi connectivity index (χ4n) is 2.01. The van der Waals surface area contributed by atoms with Crippen molar-refractivity contribution < 1.29 is 8.42 Å². The maximum absolute atomic E-state index is 11.9. The minimum atomic E-state index is -3.14. The quantitative estimate of drug-likeness (QED) is 0.885. The van der Waals surface area contributed by atoms with Crippen LogP contribution in [-0.4, -0.2) is 20.2 Å². The lowest BCUT2D eigenvalue weighted by Gasteiger charge is -2.15. The predicted octanol–water partition coefficient (Wildman–Crippen LogP) is 2.17. The van der Waals surface area contributed by atoms with Crippen molar-refractivity contribution in [3.05, 3.63) is 28.8 Å². The maximum atomic E-state index is 11.9. The molecule has 0 spiro atoms. The standard InChI is InChI=1S/C11H14ClNO2S/c1-7(2)13-10-6-16(14,15)11-4-3-8(12)5-9(10)11/h3-5,7,10,13H,6H2,1-2H3. The van der Waals surface area contributed by atoms with Gasteiger partial charge in [0.05, 0.1) is 10.6 Å². The molecule has 0 bridgehead atoms. The Hall–Kier alpha value is -0.580. The van der Waals surface area contributed by atoms with E-state index in [-0.39, 0.29) is 17.8 Å². The molecular weight excluding hydrogens is 246 g/mol. The van der Waals surface area contributed by atoms with Gasteiger partial charge in [0.25, 0.3) is 0 Å². The first-order chi connectivity index (χ1) is 7.40. The number of nitrogens with one attached hydrogen (secondary N) is 1. The van der Waals surface area contributed by atoms with Crippen LogP contribution in [0, 0.1) is 0 Å². The zero-order valence-corrected chi connectivity index (χ0v) is 10.8. The van der Waals surface area contributed by atoms with E-state index in [9.17, 15) is 8.42 Å². The topological polar surface area (TPSA) is 46.2 Å². The van der Waals surface area contributed by atoms with Crippen molar-refractivity contribution in [2.45, 2.75) is 30.8 Å². The van der Waals surface area contributed by atoms with E-state index in [0.717, 1.165) is 5.56 Å². The van der Waals surface area contributed by atoms with Crippen LogP contribution in [-0.2, 0) is 9.84 Å². The Morgan fingerprint density at radius 2 is 2.12 bits per heavy atom. The summed E-state index contributed by atoms with van der Waals surface area (Å²) in [6.45, 7) is 3.99. The zero-order chi connectivity index (χ0) is 11.9.